The molecule has 5 fully saturated rings. The fourth-order valence-corrected chi connectivity index (χ4v) is 7.63. The Morgan fingerprint density at radius 3 is 2.75 bits per heavy atom. The second-order valence-electron chi connectivity index (χ2n) is 10.4. The second kappa shape index (κ2) is 9.24. The third kappa shape index (κ3) is 4.67. The van der Waals surface area contributed by atoms with Gasteiger partial charge in [0.25, 0.3) is 5.92 Å². The summed E-state index contributed by atoms with van der Waals surface area (Å²) in [6, 6.07) is 0.355. The van der Waals surface area contributed by atoms with Crippen LogP contribution >= 0.6 is 11.8 Å². The number of amides is 1. The molecular formula is C21H37F2N7OS. The van der Waals surface area contributed by atoms with E-state index in [1.807, 2.05) is 4.90 Å². The lowest BCUT2D eigenvalue weighted by Gasteiger charge is -2.51. The maximum absolute atomic E-state index is 13.7. The molecule has 8 nitrogen and oxygen atoms in total. The van der Waals surface area contributed by atoms with Gasteiger partial charge in [-0.05, 0) is 31.6 Å². The Labute approximate surface area is 192 Å². The number of halogens is 2. The van der Waals surface area contributed by atoms with Crippen LogP contribution in [0, 0.1) is 5.92 Å². The summed E-state index contributed by atoms with van der Waals surface area (Å²) in [5.41, 5.74) is 14.6. The molecule has 0 aromatic carbocycles. The number of nitrogens with zero attached hydrogens (tertiary/aromatic N) is 1. The fourth-order valence-electron chi connectivity index (χ4n) is 6.38. The highest BCUT2D eigenvalue weighted by Crippen LogP contribution is 2.48. The van der Waals surface area contributed by atoms with Crippen molar-refractivity contribution in [3.8, 4) is 0 Å². The summed E-state index contributed by atoms with van der Waals surface area (Å²) >= 11 is 1.66. The second-order valence-corrected chi connectivity index (χ2v) is 11.7. The van der Waals surface area contributed by atoms with Gasteiger partial charge < -0.3 is 21.3 Å². The van der Waals surface area contributed by atoms with E-state index in [1.165, 1.54) is 25.7 Å². The first-order valence-electron chi connectivity index (χ1n) is 12.1. The predicted octanol–water partition coefficient (Wildman–Crippen LogP) is 0.265. The summed E-state index contributed by atoms with van der Waals surface area (Å²) in [5.74, 6) is -1.21. The smallest absolute Gasteiger partial charge is 0.251 e. The number of fused-ring (bicyclic) bond motifs is 1. The van der Waals surface area contributed by atoms with E-state index < -0.39 is 11.5 Å². The van der Waals surface area contributed by atoms with E-state index in [4.69, 9.17) is 5.73 Å². The van der Waals surface area contributed by atoms with Gasteiger partial charge in [0.15, 0.2) is 0 Å². The first-order valence-corrected chi connectivity index (χ1v) is 13.2. The molecule has 5 aliphatic rings. The zero-order chi connectivity index (χ0) is 22.3. The molecule has 6 atom stereocenters. The maximum Gasteiger partial charge on any atom is 0.251 e. The van der Waals surface area contributed by atoms with Gasteiger partial charge in [-0.1, -0.05) is 12.8 Å². The molecule has 0 aromatic heterocycles. The van der Waals surface area contributed by atoms with Crippen molar-refractivity contribution < 1.29 is 13.6 Å². The number of nitrogens with one attached hydrogen (secondary N) is 5. The van der Waals surface area contributed by atoms with Gasteiger partial charge in [0, 0.05) is 61.2 Å². The zero-order valence-corrected chi connectivity index (χ0v) is 19.4. The number of likely N-dealkylation sites (tertiary alicyclic amines) is 1. The molecule has 2 aliphatic carbocycles. The van der Waals surface area contributed by atoms with Crippen LogP contribution in [0.4, 0.5) is 8.78 Å². The van der Waals surface area contributed by atoms with Crippen LogP contribution in [0.15, 0.2) is 0 Å². The van der Waals surface area contributed by atoms with Gasteiger partial charge in [-0.3, -0.25) is 4.79 Å². The van der Waals surface area contributed by atoms with Gasteiger partial charge >= 0.3 is 0 Å². The molecule has 3 saturated heterocycles. The molecular weight excluding hydrogens is 436 g/mol. The summed E-state index contributed by atoms with van der Waals surface area (Å²) in [7, 11) is 0. The standard InChI is InChI=1S/C21H37F2N7OS/c22-21(23)10-20(11-21,18-8-26-29-28-18)25-12-32-17-9-30(6-5-14(17)24)19(31)16-7-13-3-1-2-4-15(13)27-16/h13-18,25-29H,1-12,24H2. The topological polar surface area (TPSA) is 106 Å². The van der Waals surface area contributed by atoms with E-state index in [0.717, 1.165) is 12.8 Å². The number of hydrazine groups is 2. The Morgan fingerprint density at radius 1 is 1.22 bits per heavy atom. The molecule has 0 aromatic rings. The third-order valence-corrected chi connectivity index (χ3v) is 9.50. The highest BCUT2D eigenvalue weighted by Gasteiger charge is 2.60. The molecule has 5 rings (SSSR count). The van der Waals surface area contributed by atoms with Crippen LogP contribution in [-0.4, -0.2) is 77.2 Å². The Kier molecular flexibility index (Phi) is 6.70. The monoisotopic (exact) mass is 473 g/mol. The first kappa shape index (κ1) is 23.2. The first-order chi connectivity index (χ1) is 15.4. The number of thioether (sulfide) groups is 1. The van der Waals surface area contributed by atoms with Crippen molar-refractivity contribution >= 4 is 17.7 Å². The number of rotatable bonds is 6. The van der Waals surface area contributed by atoms with Crippen LogP contribution in [0.2, 0.25) is 0 Å². The van der Waals surface area contributed by atoms with Crippen LogP contribution in [0.5, 0.6) is 0 Å². The Hall–Kier alpha value is -0.560. The summed E-state index contributed by atoms with van der Waals surface area (Å²) < 4.78 is 27.5. The summed E-state index contributed by atoms with van der Waals surface area (Å²) in [6.07, 6.45) is 6.36. The summed E-state index contributed by atoms with van der Waals surface area (Å²) in [5, 5.41) is 7.11. The van der Waals surface area contributed by atoms with Gasteiger partial charge in [-0.2, -0.15) is 5.53 Å². The van der Waals surface area contributed by atoms with Crippen molar-refractivity contribution in [3.63, 3.8) is 0 Å². The highest BCUT2D eigenvalue weighted by molar-refractivity contribution is 7.99. The van der Waals surface area contributed by atoms with E-state index in [2.05, 4.69) is 27.0 Å². The number of nitrogens with two attached hydrogens (primary N) is 1. The number of carbonyl (C=O) groups excluding carboxylic acids is 1. The van der Waals surface area contributed by atoms with Crippen LogP contribution in [-0.2, 0) is 4.79 Å². The van der Waals surface area contributed by atoms with E-state index in [9.17, 15) is 13.6 Å². The molecule has 182 valence electrons. The minimum absolute atomic E-state index is 0.0108. The van der Waals surface area contributed by atoms with Crippen LogP contribution < -0.4 is 32.8 Å². The number of hydrogen-bond acceptors (Lipinski definition) is 8. The predicted molar refractivity (Wildman–Crippen MR) is 121 cm³/mol. The molecule has 3 aliphatic heterocycles. The summed E-state index contributed by atoms with van der Waals surface area (Å²) in [6.45, 7) is 1.93. The number of carbonyl (C=O) groups is 1. The average molecular weight is 474 g/mol. The molecule has 3 heterocycles. The fraction of sp³-hybridized carbons (Fsp3) is 0.952. The molecule has 11 heteroatoms. The summed E-state index contributed by atoms with van der Waals surface area (Å²) in [4.78, 5) is 15.2. The molecule has 2 saturated carbocycles. The van der Waals surface area contributed by atoms with E-state index in [1.54, 1.807) is 11.8 Å². The van der Waals surface area contributed by atoms with Gasteiger partial charge in [0.05, 0.1) is 12.1 Å². The molecule has 1 amide bonds. The molecule has 0 bridgehead atoms. The lowest BCUT2D eigenvalue weighted by Crippen LogP contribution is -2.70. The largest absolute Gasteiger partial charge is 0.340 e. The average Bonchev–Trinajstić information content (AvgIpc) is 3.43. The Bertz CT molecular complexity index is 673. The molecule has 0 spiro atoms. The van der Waals surface area contributed by atoms with E-state index >= 15 is 0 Å². The minimum atomic E-state index is -2.61. The number of hydrogen-bond donors (Lipinski definition) is 6. The van der Waals surface area contributed by atoms with Crippen LogP contribution in [0.1, 0.15) is 51.4 Å². The molecule has 32 heavy (non-hydrogen) atoms. The van der Waals surface area contributed by atoms with Crippen LogP contribution in [0.3, 0.4) is 0 Å². The minimum Gasteiger partial charge on any atom is -0.340 e. The van der Waals surface area contributed by atoms with Gasteiger partial charge in [-0.15, -0.1) is 11.8 Å². The SMILES string of the molecule is NC1CCN(C(=O)C2CC3CCCCC3N2)CC1SCNC1(C2CNNN2)CC(F)(F)C1. The molecule has 6 unspecified atom stereocenters. The van der Waals surface area contributed by atoms with Crippen molar-refractivity contribution in [2.75, 3.05) is 25.5 Å². The zero-order valence-electron chi connectivity index (χ0n) is 18.5. The van der Waals surface area contributed by atoms with Crippen LogP contribution in [0.25, 0.3) is 0 Å². The van der Waals surface area contributed by atoms with Gasteiger partial charge in [0.2, 0.25) is 5.91 Å². The van der Waals surface area contributed by atoms with Crippen molar-refractivity contribution in [2.45, 2.75) is 92.2 Å². The van der Waals surface area contributed by atoms with Crippen molar-refractivity contribution in [1.82, 2.24) is 31.9 Å². The van der Waals surface area contributed by atoms with Crippen molar-refractivity contribution in [2.24, 2.45) is 11.7 Å². The third-order valence-electron chi connectivity index (χ3n) is 8.26. The Morgan fingerprint density at radius 2 is 2.03 bits per heavy atom. The maximum atomic E-state index is 13.7. The molecule has 7 N–H and O–H groups in total. The van der Waals surface area contributed by atoms with Gasteiger partial charge in [0.1, 0.15) is 0 Å². The number of piperidine rings is 1. The van der Waals surface area contributed by atoms with Crippen molar-refractivity contribution in [3.05, 3.63) is 0 Å². The Balaban J connectivity index is 1.13. The number of alkyl halides is 2. The van der Waals surface area contributed by atoms with E-state index in [0.29, 0.717) is 37.5 Å². The van der Waals surface area contributed by atoms with Crippen molar-refractivity contribution in [1.29, 1.82) is 0 Å². The lowest BCUT2D eigenvalue weighted by molar-refractivity contribution is -0.141. The quantitative estimate of drug-likeness (QED) is 0.305. The lowest BCUT2D eigenvalue weighted by atomic mass is 9.69. The van der Waals surface area contributed by atoms with E-state index in [-0.39, 0.29) is 42.1 Å². The van der Waals surface area contributed by atoms with Gasteiger partial charge in [-0.25, -0.2) is 19.6 Å². The molecule has 0 radical (unpaired) electrons. The highest BCUT2D eigenvalue weighted by atomic mass is 32.2. The normalized spacial score (nSPS) is 40.7.